The summed E-state index contributed by atoms with van der Waals surface area (Å²) in [7, 11) is 0. The standard InChI is InChI=1S/C19H17ClF4N4/c20-12-5-11(21)2-1-10(12)8-28-18-7-15(24)14(23)6-17(18)26-19(28)27-4-3-13(22)16(25)9-27/h1-2,5-7,13,16H,3-4,8-9,25H2. The minimum Gasteiger partial charge on any atom is -0.340 e. The molecule has 1 aliphatic heterocycles. The van der Waals surface area contributed by atoms with E-state index in [0.29, 0.717) is 23.6 Å². The first kappa shape index (κ1) is 19.0. The van der Waals surface area contributed by atoms with Crippen LogP contribution in [0.4, 0.5) is 23.5 Å². The Morgan fingerprint density at radius 2 is 1.89 bits per heavy atom. The molecule has 148 valence electrons. The van der Waals surface area contributed by atoms with Crippen molar-refractivity contribution in [3.63, 3.8) is 0 Å². The third kappa shape index (κ3) is 3.42. The van der Waals surface area contributed by atoms with E-state index in [9.17, 15) is 17.6 Å². The van der Waals surface area contributed by atoms with E-state index < -0.39 is 29.7 Å². The topological polar surface area (TPSA) is 47.1 Å². The van der Waals surface area contributed by atoms with Crippen molar-refractivity contribution in [3.8, 4) is 0 Å². The number of halogens is 5. The minimum atomic E-state index is -1.12. The molecule has 2 N–H and O–H groups in total. The summed E-state index contributed by atoms with van der Waals surface area (Å²) >= 11 is 6.14. The highest BCUT2D eigenvalue weighted by Crippen LogP contribution is 2.29. The lowest BCUT2D eigenvalue weighted by Gasteiger charge is -2.34. The highest BCUT2D eigenvalue weighted by atomic mass is 35.5. The summed E-state index contributed by atoms with van der Waals surface area (Å²) in [4.78, 5) is 6.21. The Kier molecular flexibility index (Phi) is 4.93. The van der Waals surface area contributed by atoms with Gasteiger partial charge in [0.15, 0.2) is 11.6 Å². The third-order valence-corrected chi connectivity index (χ3v) is 5.32. The van der Waals surface area contributed by atoms with Crippen LogP contribution < -0.4 is 10.6 Å². The van der Waals surface area contributed by atoms with Crippen LogP contribution in [0.15, 0.2) is 30.3 Å². The summed E-state index contributed by atoms with van der Waals surface area (Å²) in [6.07, 6.45) is -0.889. The van der Waals surface area contributed by atoms with Crippen molar-refractivity contribution in [2.24, 2.45) is 5.73 Å². The summed E-state index contributed by atoms with van der Waals surface area (Å²) in [5, 5.41) is 0.203. The monoisotopic (exact) mass is 412 g/mol. The average molecular weight is 413 g/mol. The third-order valence-electron chi connectivity index (χ3n) is 4.97. The van der Waals surface area contributed by atoms with Gasteiger partial charge in [0.25, 0.3) is 0 Å². The van der Waals surface area contributed by atoms with Crippen LogP contribution in [0, 0.1) is 17.5 Å². The van der Waals surface area contributed by atoms with Crippen LogP contribution in [0.2, 0.25) is 5.02 Å². The fraction of sp³-hybridized carbons (Fsp3) is 0.316. The number of aromatic nitrogens is 2. The van der Waals surface area contributed by atoms with Crippen LogP contribution in [0.1, 0.15) is 12.0 Å². The van der Waals surface area contributed by atoms with Crippen molar-refractivity contribution < 1.29 is 17.6 Å². The molecule has 3 aromatic rings. The van der Waals surface area contributed by atoms with Gasteiger partial charge < -0.3 is 15.2 Å². The predicted molar refractivity (Wildman–Crippen MR) is 99.9 cm³/mol. The maximum atomic E-state index is 13.9. The van der Waals surface area contributed by atoms with Crippen molar-refractivity contribution >= 4 is 28.6 Å². The fourth-order valence-electron chi connectivity index (χ4n) is 3.46. The molecule has 9 heteroatoms. The molecule has 0 radical (unpaired) electrons. The van der Waals surface area contributed by atoms with E-state index in [2.05, 4.69) is 4.98 Å². The van der Waals surface area contributed by atoms with Gasteiger partial charge in [0.05, 0.1) is 23.6 Å². The lowest BCUT2D eigenvalue weighted by atomic mass is 10.1. The lowest BCUT2D eigenvalue weighted by Crippen LogP contribution is -2.50. The molecule has 2 heterocycles. The van der Waals surface area contributed by atoms with Crippen molar-refractivity contribution in [2.75, 3.05) is 18.0 Å². The van der Waals surface area contributed by atoms with Gasteiger partial charge in [-0.25, -0.2) is 22.5 Å². The second-order valence-electron chi connectivity index (χ2n) is 6.90. The van der Waals surface area contributed by atoms with Crippen LogP contribution in [0.5, 0.6) is 0 Å². The molecule has 1 aromatic heterocycles. The molecular formula is C19H17ClF4N4. The first-order valence-electron chi connectivity index (χ1n) is 8.77. The minimum absolute atomic E-state index is 0.154. The smallest absolute Gasteiger partial charge is 0.206 e. The zero-order valence-corrected chi connectivity index (χ0v) is 15.4. The number of fused-ring (bicyclic) bond motifs is 1. The predicted octanol–water partition coefficient (Wildman–Crippen LogP) is 4.03. The molecule has 1 aliphatic rings. The number of piperidine rings is 1. The van der Waals surface area contributed by atoms with Gasteiger partial charge in [-0.1, -0.05) is 17.7 Å². The molecule has 0 saturated carbocycles. The molecular weight excluding hydrogens is 396 g/mol. The maximum Gasteiger partial charge on any atom is 0.206 e. The summed E-state index contributed by atoms with van der Waals surface area (Å²) in [6.45, 7) is 0.730. The number of nitrogens with zero attached hydrogens (tertiary/aromatic N) is 3. The maximum absolute atomic E-state index is 13.9. The summed E-state index contributed by atoms with van der Waals surface area (Å²) < 4.78 is 56.4. The van der Waals surface area contributed by atoms with E-state index in [4.69, 9.17) is 17.3 Å². The molecule has 2 unspecified atom stereocenters. The average Bonchev–Trinajstić information content (AvgIpc) is 2.97. The lowest BCUT2D eigenvalue weighted by molar-refractivity contribution is 0.243. The van der Waals surface area contributed by atoms with Gasteiger partial charge in [-0.05, 0) is 24.1 Å². The van der Waals surface area contributed by atoms with Crippen molar-refractivity contribution in [2.45, 2.75) is 25.2 Å². The molecule has 4 rings (SSSR count). The molecule has 4 nitrogen and oxygen atoms in total. The quantitative estimate of drug-likeness (QED) is 0.661. The molecule has 2 aromatic carbocycles. The van der Waals surface area contributed by atoms with E-state index in [1.807, 2.05) is 0 Å². The zero-order valence-electron chi connectivity index (χ0n) is 14.7. The highest BCUT2D eigenvalue weighted by molar-refractivity contribution is 6.31. The second kappa shape index (κ2) is 7.25. The molecule has 1 fully saturated rings. The first-order valence-corrected chi connectivity index (χ1v) is 9.15. The Balaban J connectivity index is 1.83. The van der Waals surface area contributed by atoms with Crippen LogP contribution in [0.3, 0.4) is 0 Å². The molecule has 0 amide bonds. The number of hydrogen-bond acceptors (Lipinski definition) is 3. The number of nitrogens with two attached hydrogens (primary N) is 1. The fourth-order valence-corrected chi connectivity index (χ4v) is 3.69. The van der Waals surface area contributed by atoms with E-state index in [1.54, 1.807) is 9.47 Å². The van der Waals surface area contributed by atoms with Crippen molar-refractivity contribution in [1.82, 2.24) is 9.55 Å². The second-order valence-corrected chi connectivity index (χ2v) is 7.31. The van der Waals surface area contributed by atoms with Gasteiger partial charge in [-0.3, -0.25) is 0 Å². The number of alkyl halides is 1. The number of hydrogen-bond donors (Lipinski definition) is 1. The van der Waals surface area contributed by atoms with E-state index >= 15 is 0 Å². The number of imidazole rings is 1. The SMILES string of the molecule is NC1CN(c2nc3cc(F)c(F)cc3n2Cc2ccc(F)cc2Cl)CCC1F. The summed E-state index contributed by atoms with van der Waals surface area (Å²) in [5.41, 5.74) is 7.04. The van der Waals surface area contributed by atoms with Gasteiger partial charge in [0, 0.05) is 30.2 Å². The van der Waals surface area contributed by atoms with E-state index in [1.165, 1.54) is 18.2 Å². The largest absolute Gasteiger partial charge is 0.340 e. The number of benzene rings is 2. The van der Waals surface area contributed by atoms with Crippen LogP contribution >= 0.6 is 11.6 Å². The Morgan fingerprint density at radius 1 is 1.14 bits per heavy atom. The Labute approximate surface area is 163 Å². The summed E-state index contributed by atoms with van der Waals surface area (Å²) in [6, 6.07) is 5.35. The van der Waals surface area contributed by atoms with Gasteiger partial charge in [0.1, 0.15) is 12.0 Å². The summed E-state index contributed by atoms with van der Waals surface area (Å²) in [5.74, 6) is -2.09. The van der Waals surface area contributed by atoms with E-state index in [-0.39, 0.29) is 30.0 Å². The Bertz CT molecular complexity index is 1040. The number of anilines is 1. The first-order chi connectivity index (χ1) is 13.3. The van der Waals surface area contributed by atoms with Gasteiger partial charge in [-0.2, -0.15) is 0 Å². The zero-order chi connectivity index (χ0) is 20.0. The molecule has 28 heavy (non-hydrogen) atoms. The number of rotatable bonds is 3. The molecule has 0 bridgehead atoms. The van der Waals surface area contributed by atoms with Crippen molar-refractivity contribution in [3.05, 3.63) is 58.4 Å². The van der Waals surface area contributed by atoms with Crippen molar-refractivity contribution in [1.29, 1.82) is 0 Å². The highest BCUT2D eigenvalue weighted by Gasteiger charge is 2.29. The van der Waals surface area contributed by atoms with Crippen LogP contribution in [-0.4, -0.2) is 34.9 Å². The molecule has 1 saturated heterocycles. The normalized spacial score (nSPS) is 20.1. The molecule has 2 atom stereocenters. The Morgan fingerprint density at radius 3 is 2.61 bits per heavy atom. The molecule has 0 spiro atoms. The van der Waals surface area contributed by atoms with Gasteiger partial charge in [-0.15, -0.1) is 0 Å². The van der Waals surface area contributed by atoms with Gasteiger partial charge in [0.2, 0.25) is 5.95 Å². The molecule has 0 aliphatic carbocycles. The van der Waals surface area contributed by atoms with E-state index in [0.717, 1.165) is 12.1 Å². The van der Waals surface area contributed by atoms with Crippen LogP contribution in [0.25, 0.3) is 11.0 Å². The van der Waals surface area contributed by atoms with Gasteiger partial charge >= 0.3 is 0 Å². The Hall–Kier alpha value is -2.32. The van der Waals surface area contributed by atoms with Crippen LogP contribution in [-0.2, 0) is 6.54 Å².